The molecule has 0 saturated heterocycles. The highest BCUT2D eigenvalue weighted by Crippen LogP contribution is 2.36. The van der Waals surface area contributed by atoms with Gasteiger partial charge in [0.25, 0.3) is 0 Å². The fourth-order valence-electron chi connectivity index (χ4n) is 2.56. The fourth-order valence-corrected chi connectivity index (χ4v) is 3.51. The summed E-state index contributed by atoms with van der Waals surface area (Å²) in [4.78, 5) is 4.59. The predicted molar refractivity (Wildman–Crippen MR) is 108 cm³/mol. The monoisotopic (exact) mass is 359 g/mol. The minimum atomic E-state index is 0.611. The molecule has 0 aliphatic carbocycles. The molecule has 4 N–H and O–H groups in total. The van der Waals surface area contributed by atoms with E-state index in [9.17, 15) is 0 Å². The van der Waals surface area contributed by atoms with E-state index in [1.807, 2.05) is 36.4 Å². The Hall–Kier alpha value is -1.85. The van der Waals surface area contributed by atoms with Crippen molar-refractivity contribution in [1.82, 2.24) is 4.90 Å². The van der Waals surface area contributed by atoms with Crippen molar-refractivity contribution < 1.29 is 4.74 Å². The second-order valence-electron chi connectivity index (χ2n) is 5.92. The number of benzene rings is 2. The maximum Gasteiger partial charge on any atom is 0.133 e. The van der Waals surface area contributed by atoms with E-state index in [4.69, 9.17) is 16.2 Å². The second-order valence-corrected chi connectivity index (χ2v) is 7.04. The molecule has 0 atom stereocenters. The predicted octanol–water partition coefficient (Wildman–Crippen LogP) is 4.50. The molecule has 0 aliphatic heterocycles. The summed E-state index contributed by atoms with van der Waals surface area (Å²) in [6.45, 7) is 8.51. The fraction of sp³-hybridized carbons (Fsp3) is 0.400. The van der Waals surface area contributed by atoms with E-state index in [1.165, 1.54) is 0 Å². The van der Waals surface area contributed by atoms with E-state index in [2.05, 4.69) is 24.8 Å². The van der Waals surface area contributed by atoms with E-state index in [-0.39, 0.29) is 0 Å². The van der Waals surface area contributed by atoms with Crippen molar-refractivity contribution in [2.75, 3.05) is 37.7 Å². The molecule has 0 spiro atoms. The van der Waals surface area contributed by atoms with Crippen molar-refractivity contribution in [1.29, 1.82) is 0 Å². The van der Waals surface area contributed by atoms with Gasteiger partial charge < -0.3 is 21.1 Å². The summed E-state index contributed by atoms with van der Waals surface area (Å²) in [5.74, 6) is 0.922. The molecular formula is C20H29N3OS. The van der Waals surface area contributed by atoms with Crippen molar-refractivity contribution in [3.63, 3.8) is 0 Å². The molecule has 0 fully saturated rings. The zero-order valence-corrected chi connectivity index (χ0v) is 16.0. The molecule has 0 aromatic heterocycles. The van der Waals surface area contributed by atoms with E-state index in [0.29, 0.717) is 11.4 Å². The molecular weight excluding hydrogens is 330 g/mol. The number of hydrogen-bond acceptors (Lipinski definition) is 5. The molecule has 25 heavy (non-hydrogen) atoms. The van der Waals surface area contributed by atoms with E-state index in [1.54, 1.807) is 11.8 Å². The number of para-hydroxylation sites is 1. The lowest BCUT2D eigenvalue weighted by atomic mass is 10.3. The quantitative estimate of drug-likeness (QED) is 0.483. The lowest BCUT2D eigenvalue weighted by Gasteiger charge is -2.17. The van der Waals surface area contributed by atoms with Crippen LogP contribution in [0, 0.1) is 0 Å². The molecule has 2 aromatic rings. The van der Waals surface area contributed by atoms with Crippen molar-refractivity contribution in [3.05, 3.63) is 42.5 Å². The van der Waals surface area contributed by atoms with Gasteiger partial charge in [-0.2, -0.15) is 0 Å². The van der Waals surface area contributed by atoms with E-state index >= 15 is 0 Å². The van der Waals surface area contributed by atoms with Crippen LogP contribution >= 0.6 is 11.8 Å². The molecule has 0 saturated carbocycles. The van der Waals surface area contributed by atoms with Gasteiger partial charge in [-0.25, -0.2) is 0 Å². The minimum absolute atomic E-state index is 0.611. The Bertz CT molecular complexity index is 659. The highest BCUT2D eigenvalue weighted by molar-refractivity contribution is 7.99. The van der Waals surface area contributed by atoms with Gasteiger partial charge in [-0.1, -0.05) is 37.7 Å². The van der Waals surface area contributed by atoms with Crippen molar-refractivity contribution in [2.45, 2.75) is 36.5 Å². The third-order valence-corrected chi connectivity index (χ3v) is 5.20. The average molecular weight is 360 g/mol. The van der Waals surface area contributed by atoms with Crippen LogP contribution in [0.1, 0.15) is 26.7 Å². The van der Waals surface area contributed by atoms with Crippen LogP contribution in [0.2, 0.25) is 0 Å². The first-order valence-electron chi connectivity index (χ1n) is 8.91. The molecule has 0 unspecified atom stereocenters. The summed E-state index contributed by atoms with van der Waals surface area (Å²) in [6.07, 6.45) is 2.22. The van der Waals surface area contributed by atoms with Gasteiger partial charge >= 0.3 is 0 Å². The Kier molecular flexibility index (Phi) is 7.95. The lowest BCUT2D eigenvalue weighted by Crippen LogP contribution is -2.24. The van der Waals surface area contributed by atoms with Gasteiger partial charge in [0.05, 0.1) is 22.9 Å². The first kappa shape index (κ1) is 19.5. The number of unbranched alkanes of at least 4 members (excludes halogenated alkanes) is 1. The minimum Gasteiger partial charge on any atom is -0.492 e. The molecule has 4 nitrogen and oxygen atoms in total. The van der Waals surface area contributed by atoms with Crippen LogP contribution in [-0.2, 0) is 0 Å². The Balaban J connectivity index is 1.88. The first-order valence-corrected chi connectivity index (χ1v) is 9.72. The molecule has 0 heterocycles. The average Bonchev–Trinajstić information content (AvgIpc) is 2.62. The molecule has 0 bridgehead atoms. The lowest BCUT2D eigenvalue weighted by molar-refractivity contribution is 0.263. The van der Waals surface area contributed by atoms with Gasteiger partial charge in [-0.15, -0.1) is 0 Å². The summed E-state index contributed by atoms with van der Waals surface area (Å²) in [6, 6.07) is 13.9. The SMILES string of the molecule is CCN(CC)CCCCOc1ccccc1Sc1ccc(N)c(N)c1. The maximum atomic E-state index is 6.02. The van der Waals surface area contributed by atoms with Crippen molar-refractivity contribution >= 4 is 23.1 Å². The Labute approximate surface area is 155 Å². The molecule has 5 heteroatoms. The van der Waals surface area contributed by atoms with Gasteiger partial charge in [-0.05, 0) is 62.8 Å². The van der Waals surface area contributed by atoms with Gasteiger partial charge in [0.2, 0.25) is 0 Å². The molecule has 136 valence electrons. The number of anilines is 2. The second kappa shape index (κ2) is 10.2. The van der Waals surface area contributed by atoms with E-state index < -0.39 is 0 Å². The van der Waals surface area contributed by atoms with Gasteiger partial charge in [0, 0.05) is 4.90 Å². The summed E-state index contributed by atoms with van der Waals surface area (Å²) < 4.78 is 6.02. The van der Waals surface area contributed by atoms with Crippen LogP contribution in [0.15, 0.2) is 52.3 Å². The van der Waals surface area contributed by atoms with Crippen LogP contribution in [0.25, 0.3) is 0 Å². The van der Waals surface area contributed by atoms with Crippen LogP contribution in [-0.4, -0.2) is 31.1 Å². The molecule has 0 amide bonds. The smallest absolute Gasteiger partial charge is 0.133 e. The third-order valence-electron chi connectivity index (χ3n) is 4.16. The van der Waals surface area contributed by atoms with Gasteiger partial charge in [0.15, 0.2) is 0 Å². The number of nitrogens with zero attached hydrogens (tertiary/aromatic N) is 1. The molecule has 0 radical (unpaired) electrons. The molecule has 2 rings (SSSR count). The number of hydrogen-bond donors (Lipinski definition) is 2. The number of rotatable bonds is 10. The maximum absolute atomic E-state index is 6.02. The highest BCUT2D eigenvalue weighted by Gasteiger charge is 2.07. The van der Waals surface area contributed by atoms with Gasteiger partial charge in [-0.3, -0.25) is 0 Å². The first-order chi connectivity index (χ1) is 12.1. The number of nitrogens with two attached hydrogens (primary N) is 2. The molecule has 0 aliphatic rings. The van der Waals surface area contributed by atoms with Crippen molar-refractivity contribution in [2.24, 2.45) is 0 Å². The largest absolute Gasteiger partial charge is 0.492 e. The summed E-state index contributed by atoms with van der Waals surface area (Å²) >= 11 is 1.64. The van der Waals surface area contributed by atoms with Crippen LogP contribution < -0.4 is 16.2 Å². The van der Waals surface area contributed by atoms with Gasteiger partial charge in [0.1, 0.15) is 5.75 Å². The van der Waals surface area contributed by atoms with Crippen LogP contribution in [0.5, 0.6) is 5.75 Å². The zero-order valence-electron chi connectivity index (χ0n) is 15.2. The van der Waals surface area contributed by atoms with Crippen LogP contribution in [0.4, 0.5) is 11.4 Å². The summed E-state index contributed by atoms with van der Waals surface area (Å²) in [5, 5.41) is 0. The normalized spacial score (nSPS) is 11.0. The summed E-state index contributed by atoms with van der Waals surface area (Å²) in [5.41, 5.74) is 12.9. The Morgan fingerprint density at radius 1 is 0.960 bits per heavy atom. The standard InChI is InChI=1S/C20H29N3OS/c1-3-23(4-2)13-7-8-14-24-19-9-5-6-10-20(19)25-16-11-12-17(21)18(22)15-16/h5-6,9-12,15H,3-4,7-8,13-14,21-22H2,1-2H3. The zero-order chi connectivity index (χ0) is 18.1. The highest BCUT2D eigenvalue weighted by atomic mass is 32.2. The number of ether oxygens (including phenoxy) is 1. The van der Waals surface area contributed by atoms with Crippen LogP contribution in [0.3, 0.4) is 0 Å². The molecule has 2 aromatic carbocycles. The number of nitrogen functional groups attached to an aromatic ring is 2. The summed E-state index contributed by atoms with van der Waals surface area (Å²) in [7, 11) is 0. The van der Waals surface area contributed by atoms with Crippen molar-refractivity contribution in [3.8, 4) is 5.75 Å². The Morgan fingerprint density at radius 3 is 2.44 bits per heavy atom. The van der Waals surface area contributed by atoms with E-state index in [0.717, 1.165) is 54.6 Å². The Morgan fingerprint density at radius 2 is 1.72 bits per heavy atom. The third kappa shape index (κ3) is 6.18. The topological polar surface area (TPSA) is 64.5 Å².